The molecule has 0 saturated carbocycles. The number of carbonyl (C=O) groups excluding carboxylic acids is 2. The largest absolute Gasteiger partial charge is 0.383 e. The first-order chi connectivity index (χ1) is 11.6. The average molecular weight is 342 g/mol. The Bertz CT molecular complexity index is 407. The average Bonchev–Trinajstić information content (AvgIpc) is 2.62. The van der Waals surface area contributed by atoms with Gasteiger partial charge >= 0.3 is 0 Å². The molecule has 3 N–H and O–H groups in total. The van der Waals surface area contributed by atoms with Crippen molar-refractivity contribution in [3.63, 3.8) is 0 Å². The minimum absolute atomic E-state index is 0.00858. The fraction of sp³-hybridized carbons (Fsp3) is 0.875. The van der Waals surface area contributed by atoms with Crippen molar-refractivity contribution >= 4 is 11.8 Å². The number of amides is 2. The molecule has 0 aromatic heterocycles. The van der Waals surface area contributed by atoms with Gasteiger partial charge in [-0.2, -0.15) is 0 Å². The third-order valence-electron chi connectivity index (χ3n) is 4.74. The zero-order chi connectivity index (χ0) is 17.4. The molecular weight excluding hydrogens is 312 g/mol. The van der Waals surface area contributed by atoms with E-state index in [0.717, 1.165) is 12.8 Å². The van der Waals surface area contributed by atoms with Gasteiger partial charge in [0.15, 0.2) is 0 Å². The highest BCUT2D eigenvalue weighted by Gasteiger charge is 2.31. The van der Waals surface area contributed by atoms with E-state index in [1.54, 1.807) is 7.11 Å². The summed E-state index contributed by atoms with van der Waals surface area (Å²) in [4.78, 5) is 28.2. The molecule has 0 spiro atoms. The van der Waals surface area contributed by atoms with E-state index in [1.807, 2.05) is 4.90 Å². The first-order valence-corrected chi connectivity index (χ1v) is 8.72. The molecule has 0 aromatic carbocycles. The van der Waals surface area contributed by atoms with E-state index in [0.29, 0.717) is 59.1 Å². The zero-order valence-corrected chi connectivity index (χ0v) is 14.5. The second-order valence-electron chi connectivity index (χ2n) is 6.42. The Morgan fingerprint density at radius 2 is 1.92 bits per heavy atom. The van der Waals surface area contributed by atoms with Gasteiger partial charge in [0.1, 0.15) is 0 Å². The van der Waals surface area contributed by atoms with E-state index >= 15 is 0 Å². The van der Waals surface area contributed by atoms with Crippen LogP contribution in [0.4, 0.5) is 0 Å². The van der Waals surface area contributed by atoms with Crippen LogP contribution >= 0.6 is 0 Å². The van der Waals surface area contributed by atoms with Crippen LogP contribution in [0.15, 0.2) is 0 Å². The van der Waals surface area contributed by atoms with Crippen LogP contribution in [0, 0.1) is 5.92 Å². The van der Waals surface area contributed by atoms with Gasteiger partial charge in [-0.05, 0) is 18.8 Å². The van der Waals surface area contributed by atoms with E-state index in [2.05, 4.69) is 10.2 Å². The lowest BCUT2D eigenvalue weighted by Gasteiger charge is -2.37. The van der Waals surface area contributed by atoms with E-state index in [-0.39, 0.29) is 17.7 Å². The van der Waals surface area contributed by atoms with Crippen molar-refractivity contribution in [1.82, 2.24) is 15.1 Å². The molecule has 2 aliphatic rings. The molecule has 0 aromatic rings. The summed E-state index contributed by atoms with van der Waals surface area (Å²) in [6.45, 7) is 5.43. The topological polar surface area (TPSA) is 97.1 Å². The SMILES string of the molecule is COCCNC(=O)CN1CCN(C(=O)C(N)C2CCOCC2)CC1. The highest BCUT2D eigenvalue weighted by molar-refractivity contribution is 5.82. The molecule has 0 radical (unpaired) electrons. The Hall–Kier alpha value is -1.22. The van der Waals surface area contributed by atoms with Crippen LogP contribution in [0.1, 0.15) is 12.8 Å². The van der Waals surface area contributed by atoms with Crippen molar-refractivity contribution in [2.75, 3.05) is 66.2 Å². The first kappa shape index (κ1) is 19.1. The molecule has 8 nitrogen and oxygen atoms in total. The molecular formula is C16H30N4O4. The number of hydrogen-bond acceptors (Lipinski definition) is 6. The van der Waals surface area contributed by atoms with Gasteiger partial charge in [0.2, 0.25) is 11.8 Å². The highest BCUT2D eigenvalue weighted by atomic mass is 16.5. The van der Waals surface area contributed by atoms with E-state index < -0.39 is 6.04 Å². The highest BCUT2D eigenvalue weighted by Crippen LogP contribution is 2.19. The maximum absolute atomic E-state index is 12.5. The Morgan fingerprint density at radius 1 is 1.25 bits per heavy atom. The molecule has 2 amide bonds. The van der Waals surface area contributed by atoms with Crippen LogP contribution in [0.5, 0.6) is 0 Å². The predicted molar refractivity (Wildman–Crippen MR) is 89.4 cm³/mol. The molecule has 2 aliphatic heterocycles. The number of nitrogens with two attached hydrogens (primary N) is 1. The molecule has 1 unspecified atom stereocenters. The first-order valence-electron chi connectivity index (χ1n) is 8.72. The number of methoxy groups -OCH3 is 1. The van der Waals surface area contributed by atoms with Gasteiger partial charge in [-0.25, -0.2) is 0 Å². The fourth-order valence-corrected chi connectivity index (χ4v) is 3.17. The molecule has 2 fully saturated rings. The third-order valence-corrected chi connectivity index (χ3v) is 4.74. The molecule has 2 heterocycles. The number of nitrogens with zero attached hydrogens (tertiary/aromatic N) is 2. The van der Waals surface area contributed by atoms with E-state index in [4.69, 9.17) is 15.2 Å². The molecule has 8 heteroatoms. The zero-order valence-electron chi connectivity index (χ0n) is 14.5. The van der Waals surface area contributed by atoms with Crippen LogP contribution in [-0.2, 0) is 19.1 Å². The smallest absolute Gasteiger partial charge is 0.239 e. The summed E-state index contributed by atoms with van der Waals surface area (Å²) in [5, 5.41) is 2.81. The van der Waals surface area contributed by atoms with Crippen molar-refractivity contribution in [2.24, 2.45) is 11.7 Å². The van der Waals surface area contributed by atoms with Crippen molar-refractivity contribution in [2.45, 2.75) is 18.9 Å². The van der Waals surface area contributed by atoms with Gasteiger partial charge in [-0.1, -0.05) is 0 Å². The summed E-state index contributed by atoms with van der Waals surface area (Å²) in [6, 6.07) is -0.433. The maximum atomic E-state index is 12.5. The van der Waals surface area contributed by atoms with Crippen molar-refractivity contribution < 1.29 is 19.1 Å². The van der Waals surface area contributed by atoms with Gasteiger partial charge in [0, 0.05) is 53.0 Å². The lowest BCUT2D eigenvalue weighted by atomic mass is 9.91. The normalized spacial score (nSPS) is 21.5. The minimum Gasteiger partial charge on any atom is -0.383 e. The van der Waals surface area contributed by atoms with Gasteiger partial charge in [-0.3, -0.25) is 14.5 Å². The monoisotopic (exact) mass is 342 g/mol. The van der Waals surface area contributed by atoms with Crippen LogP contribution in [0.2, 0.25) is 0 Å². The van der Waals surface area contributed by atoms with Crippen LogP contribution < -0.4 is 11.1 Å². The van der Waals surface area contributed by atoms with Crippen LogP contribution in [0.3, 0.4) is 0 Å². The number of hydrogen-bond donors (Lipinski definition) is 2. The quantitative estimate of drug-likeness (QED) is 0.555. The van der Waals surface area contributed by atoms with E-state index in [9.17, 15) is 9.59 Å². The summed E-state index contributed by atoms with van der Waals surface area (Å²) >= 11 is 0. The van der Waals surface area contributed by atoms with Crippen molar-refractivity contribution in [3.05, 3.63) is 0 Å². The molecule has 2 saturated heterocycles. The van der Waals surface area contributed by atoms with Crippen LogP contribution in [0.25, 0.3) is 0 Å². The predicted octanol–water partition coefficient (Wildman–Crippen LogP) is -1.35. The number of carbonyl (C=O) groups is 2. The van der Waals surface area contributed by atoms with Crippen molar-refractivity contribution in [1.29, 1.82) is 0 Å². The summed E-state index contributed by atoms with van der Waals surface area (Å²) in [5.41, 5.74) is 6.17. The Kier molecular flexibility index (Phi) is 7.90. The number of ether oxygens (including phenoxy) is 2. The Labute approximate surface area is 143 Å². The third kappa shape index (κ3) is 5.70. The lowest BCUT2D eigenvalue weighted by Crippen LogP contribution is -2.56. The Morgan fingerprint density at radius 3 is 2.54 bits per heavy atom. The molecule has 0 bridgehead atoms. The molecule has 0 aliphatic carbocycles. The summed E-state index contributed by atoms with van der Waals surface area (Å²) in [7, 11) is 1.60. The van der Waals surface area contributed by atoms with Gasteiger partial charge in [-0.15, -0.1) is 0 Å². The maximum Gasteiger partial charge on any atom is 0.239 e. The van der Waals surface area contributed by atoms with Gasteiger partial charge in [0.25, 0.3) is 0 Å². The molecule has 2 rings (SSSR count). The number of nitrogens with one attached hydrogen (secondary N) is 1. The minimum atomic E-state index is -0.433. The number of rotatable bonds is 7. The summed E-state index contributed by atoms with van der Waals surface area (Å²) in [5.74, 6) is 0.243. The molecule has 24 heavy (non-hydrogen) atoms. The second-order valence-corrected chi connectivity index (χ2v) is 6.42. The van der Waals surface area contributed by atoms with Gasteiger partial charge in [0.05, 0.1) is 19.2 Å². The van der Waals surface area contributed by atoms with Crippen LogP contribution in [-0.4, -0.2) is 93.9 Å². The summed E-state index contributed by atoms with van der Waals surface area (Å²) in [6.07, 6.45) is 1.71. The summed E-state index contributed by atoms with van der Waals surface area (Å²) < 4.78 is 10.2. The Balaban J connectivity index is 1.69. The standard InChI is InChI=1S/C16H30N4O4/c1-23-11-4-18-14(21)12-19-5-7-20(8-6-19)16(22)15(17)13-2-9-24-10-3-13/h13,15H,2-12,17H2,1H3,(H,18,21). The lowest BCUT2D eigenvalue weighted by molar-refractivity contribution is -0.136. The van der Waals surface area contributed by atoms with E-state index in [1.165, 1.54) is 0 Å². The fourth-order valence-electron chi connectivity index (χ4n) is 3.17. The van der Waals surface area contributed by atoms with Gasteiger partial charge < -0.3 is 25.4 Å². The van der Waals surface area contributed by atoms with Crippen molar-refractivity contribution in [3.8, 4) is 0 Å². The molecule has 138 valence electrons. The number of piperazine rings is 1. The second kappa shape index (κ2) is 9.93. The molecule has 1 atom stereocenters.